The summed E-state index contributed by atoms with van der Waals surface area (Å²) in [4.78, 5) is 2.38. The van der Waals surface area contributed by atoms with Crippen LogP contribution in [0.2, 0.25) is 0 Å². The standard InChI is InChI=1S/C51H38N2/c1-51(2)47-19-11-9-17-43(47)44-31-29-42(34-48(44)51)53-49-20-12-10-18-45(49)46-33-41(30-32-50(46)53)52(39-25-21-37(22-26-39)35-13-5-3-6-14-35)40-27-23-38(24-28-40)36-15-7-4-8-16-36/h3-34H,1-2H3. The topological polar surface area (TPSA) is 8.17 Å². The summed E-state index contributed by atoms with van der Waals surface area (Å²) < 4.78 is 2.45. The second-order valence-electron chi connectivity index (χ2n) is 14.6. The van der Waals surface area contributed by atoms with Crippen molar-refractivity contribution in [2.24, 2.45) is 0 Å². The van der Waals surface area contributed by atoms with E-state index >= 15 is 0 Å². The second-order valence-corrected chi connectivity index (χ2v) is 14.6. The molecule has 9 aromatic rings. The van der Waals surface area contributed by atoms with Crippen LogP contribution in [0.3, 0.4) is 0 Å². The van der Waals surface area contributed by atoms with E-state index in [2.05, 4.69) is 217 Å². The Morgan fingerprint density at radius 1 is 0.377 bits per heavy atom. The molecule has 1 aliphatic rings. The van der Waals surface area contributed by atoms with Gasteiger partial charge in [-0.1, -0.05) is 147 Å². The molecule has 0 fully saturated rings. The van der Waals surface area contributed by atoms with Crippen molar-refractivity contribution in [3.63, 3.8) is 0 Å². The van der Waals surface area contributed by atoms with E-state index in [0.29, 0.717) is 0 Å². The summed E-state index contributed by atoms with van der Waals surface area (Å²) >= 11 is 0. The zero-order valence-corrected chi connectivity index (χ0v) is 29.9. The summed E-state index contributed by atoms with van der Waals surface area (Å²) in [7, 11) is 0. The van der Waals surface area contributed by atoms with E-state index in [9.17, 15) is 0 Å². The number of aromatic nitrogens is 1. The van der Waals surface area contributed by atoms with Gasteiger partial charge >= 0.3 is 0 Å². The van der Waals surface area contributed by atoms with Gasteiger partial charge in [-0.2, -0.15) is 0 Å². The fraction of sp³-hybridized carbons (Fsp3) is 0.0588. The molecular weight excluding hydrogens is 641 g/mol. The summed E-state index contributed by atoms with van der Waals surface area (Å²) in [6.45, 7) is 4.71. The number of para-hydroxylation sites is 1. The molecule has 53 heavy (non-hydrogen) atoms. The molecule has 0 N–H and O–H groups in total. The predicted molar refractivity (Wildman–Crippen MR) is 224 cm³/mol. The highest BCUT2D eigenvalue weighted by Crippen LogP contribution is 2.49. The van der Waals surface area contributed by atoms with Crippen LogP contribution in [0.4, 0.5) is 17.1 Å². The molecule has 252 valence electrons. The third-order valence-corrected chi connectivity index (χ3v) is 11.2. The van der Waals surface area contributed by atoms with Crippen LogP contribution in [0.5, 0.6) is 0 Å². The molecule has 1 aromatic heterocycles. The first-order valence-corrected chi connectivity index (χ1v) is 18.4. The van der Waals surface area contributed by atoms with Gasteiger partial charge in [0, 0.05) is 38.9 Å². The molecule has 0 atom stereocenters. The normalized spacial score (nSPS) is 12.9. The lowest BCUT2D eigenvalue weighted by Gasteiger charge is -2.26. The Hall–Kier alpha value is -6.64. The van der Waals surface area contributed by atoms with Crippen LogP contribution in [0.1, 0.15) is 25.0 Å². The van der Waals surface area contributed by atoms with Crippen LogP contribution >= 0.6 is 0 Å². The first-order chi connectivity index (χ1) is 26.0. The van der Waals surface area contributed by atoms with Gasteiger partial charge < -0.3 is 9.47 Å². The van der Waals surface area contributed by atoms with E-state index in [4.69, 9.17) is 0 Å². The number of anilines is 3. The molecule has 0 amide bonds. The smallest absolute Gasteiger partial charge is 0.0542 e. The summed E-state index contributed by atoms with van der Waals surface area (Å²) in [5, 5.41) is 2.47. The van der Waals surface area contributed by atoms with Crippen LogP contribution < -0.4 is 4.90 Å². The Labute approximate surface area is 310 Å². The average Bonchev–Trinajstić information content (AvgIpc) is 3.67. The van der Waals surface area contributed by atoms with Crippen molar-refractivity contribution < 1.29 is 0 Å². The van der Waals surface area contributed by atoms with Crippen molar-refractivity contribution >= 4 is 38.9 Å². The van der Waals surface area contributed by atoms with Gasteiger partial charge in [0.1, 0.15) is 0 Å². The van der Waals surface area contributed by atoms with Crippen molar-refractivity contribution in [1.82, 2.24) is 4.57 Å². The van der Waals surface area contributed by atoms with Crippen molar-refractivity contribution in [3.8, 4) is 39.1 Å². The van der Waals surface area contributed by atoms with Gasteiger partial charge in [0.15, 0.2) is 0 Å². The molecular formula is C51H38N2. The zero-order valence-electron chi connectivity index (χ0n) is 29.9. The van der Waals surface area contributed by atoms with E-state index in [1.807, 2.05) is 0 Å². The van der Waals surface area contributed by atoms with Crippen molar-refractivity contribution in [2.75, 3.05) is 4.90 Å². The van der Waals surface area contributed by atoms with E-state index in [0.717, 1.165) is 17.1 Å². The summed E-state index contributed by atoms with van der Waals surface area (Å²) in [6.07, 6.45) is 0. The minimum atomic E-state index is -0.0690. The van der Waals surface area contributed by atoms with Crippen molar-refractivity contribution in [3.05, 3.63) is 205 Å². The molecule has 0 spiro atoms. The van der Waals surface area contributed by atoms with Gasteiger partial charge in [-0.15, -0.1) is 0 Å². The Bertz CT molecular complexity index is 2690. The number of hydrogen-bond donors (Lipinski definition) is 0. The third kappa shape index (κ3) is 5.10. The van der Waals surface area contributed by atoms with E-state index in [-0.39, 0.29) is 5.41 Å². The predicted octanol–water partition coefficient (Wildman–Crippen LogP) is 13.9. The van der Waals surface area contributed by atoms with Crippen LogP contribution in [0, 0.1) is 0 Å². The van der Waals surface area contributed by atoms with Crippen LogP contribution in [0.15, 0.2) is 194 Å². The van der Waals surface area contributed by atoms with Gasteiger partial charge in [-0.3, -0.25) is 0 Å². The van der Waals surface area contributed by atoms with Crippen LogP contribution in [0.25, 0.3) is 60.9 Å². The largest absolute Gasteiger partial charge is 0.310 e. The minimum absolute atomic E-state index is 0.0690. The lowest BCUT2D eigenvalue weighted by atomic mass is 9.82. The minimum Gasteiger partial charge on any atom is -0.310 e. The summed E-state index contributed by atoms with van der Waals surface area (Å²) in [5.74, 6) is 0. The molecule has 0 saturated carbocycles. The molecule has 2 nitrogen and oxygen atoms in total. The second kappa shape index (κ2) is 12.3. The molecule has 0 saturated heterocycles. The highest BCUT2D eigenvalue weighted by molar-refractivity contribution is 6.10. The zero-order chi connectivity index (χ0) is 35.5. The van der Waals surface area contributed by atoms with Gasteiger partial charge in [0.25, 0.3) is 0 Å². The number of nitrogens with zero attached hydrogens (tertiary/aromatic N) is 2. The van der Waals surface area contributed by atoms with Gasteiger partial charge in [0.2, 0.25) is 0 Å². The van der Waals surface area contributed by atoms with Crippen molar-refractivity contribution in [1.29, 1.82) is 0 Å². The molecule has 2 heteroatoms. The highest BCUT2D eigenvalue weighted by atomic mass is 15.1. The summed E-state index contributed by atoms with van der Waals surface area (Å²) in [6, 6.07) is 70.8. The quantitative estimate of drug-likeness (QED) is 0.170. The number of benzene rings is 8. The molecule has 0 unspecified atom stereocenters. The van der Waals surface area contributed by atoms with Crippen LogP contribution in [-0.2, 0) is 5.41 Å². The first-order valence-electron chi connectivity index (χ1n) is 18.4. The number of rotatable bonds is 6. The summed E-state index contributed by atoms with van der Waals surface area (Å²) in [5.41, 5.74) is 17.2. The molecule has 0 bridgehead atoms. The molecule has 10 rings (SSSR count). The third-order valence-electron chi connectivity index (χ3n) is 11.2. The van der Waals surface area contributed by atoms with Crippen LogP contribution in [-0.4, -0.2) is 4.57 Å². The number of fused-ring (bicyclic) bond motifs is 6. The fourth-order valence-corrected chi connectivity index (χ4v) is 8.52. The molecule has 1 aliphatic carbocycles. The molecule has 0 radical (unpaired) electrons. The highest BCUT2D eigenvalue weighted by Gasteiger charge is 2.35. The van der Waals surface area contributed by atoms with Gasteiger partial charge in [-0.05, 0) is 105 Å². The van der Waals surface area contributed by atoms with E-state index < -0.39 is 0 Å². The SMILES string of the molecule is CC1(C)c2ccccc2-c2ccc(-n3c4ccccc4c4cc(N(c5ccc(-c6ccccc6)cc5)c5ccc(-c6ccccc6)cc5)ccc43)cc21. The molecule has 1 heterocycles. The first kappa shape index (κ1) is 31.1. The Morgan fingerprint density at radius 2 is 0.887 bits per heavy atom. The maximum atomic E-state index is 2.45. The maximum absolute atomic E-state index is 2.45. The number of hydrogen-bond acceptors (Lipinski definition) is 1. The Balaban J connectivity index is 1.12. The van der Waals surface area contributed by atoms with E-state index in [1.165, 1.54) is 72.0 Å². The molecule has 0 aliphatic heterocycles. The fourth-order valence-electron chi connectivity index (χ4n) is 8.52. The Kier molecular flexibility index (Phi) is 7.19. The lowest BCUT2D eigenvalue weighted by Crippen LogP contribution is -2.15. The molecule has 8 aromatic carbocycles. The van der Waals surface area contributed by atoms with Gasteiger partial charge in [-0.25, -0.2) is 0 Å². The maximum Gasteiger partial charge on any atom is 0.0542 e. The van der Waals surface area contributed by atoms with E-state index in [1.54, 1.807) is 0 Å². The van der Waals surface area contributed by atoms with Gasteiger partial charge in [0.05, 0.1) is 11.0 Å². The van der Waals surface area contributed by atoms with Crippen molar-refractivity contribution in [2.45, 2.75) is 19.3 Å². The average molecular weight is 679 g/mol. The lowest BCUT2D eigenvalue weighted by molar-refractivity contribution is 0.660. The Morgan fingerprint density at radius 3 is 1.55 bits per heavy atom. The monoisotopic (exact) mass is 678 g/mol.